The third kappa shape index (κ3) is 7.77. The molecule has 2 rings (SSSR count). The van der Waals surface area contributed by atoms with E-state index in [4.69, 9.17) is 19.8 Å². The lowest BCUT2D eigenvalue weighted by Crippen LogP contribution is -2.30. The minimum atomic E-state index is -1.82. The van der Waals surface area contributed by atoms with Gasteiger partial charge < -0.3 is 10.2 Å². The van der Waals surface area contributed by atoms with Gasteiger partial charge in [0.15, 0.2) is 5.78 Å². The quantitative estimate of drug-likeness (QED) is 0.709. The first-order valence-corrected chi connectivity index (χ1v) is 9.11. The van der Waals surface area contributed by atoms with Crippen LogP contribution in [0.1, 0.15) is 57.7 Å². The van der Waals surface area contributed by atoms with Crippen molar-refractivity contribution in [2.24, 2.45) is 0 Å². The van der Waals surface area contributed by atoms with Crippen molar-refractivity contribution in [3.8, 4) is 0 Å². The fourth-order valence-electron chi connectivity index (χ4n) is 2.98. The summed E-state index contributed by atoms with van der Waals surface area (Å²) in [6.07, 6.45) is 8.95. The molecule has 1 aliphatic rings. The summed E-state index contributed by atoms with van der Waals surface area (Å²) in [5, 5.41) is 19.4. The standard InChI is InChI=1S/C16H27N3O.C2H2O4/c1-3-18(4-2)13-16(20)12-14-10-11-19(17-14)15-8-6-5-7-9-15;3-1(4)2(5)6/h10-11,15H,3-9,12-13H2,1-2H3;(H,3,4)(H,5,6). The molecule has 0 saturated heterocycles. The molecule has 26 heavy (non-hydrogen) atoms. The summed E-state index contributed by atoms with van der Waals surface area (Å²) in [5.41, 5.74) is 0.924. The summed E-state index contributed by atoms with van der Waals surface area (Å²) in [4.78, 5) is 32.4. The van der Waals surface area contributed by atoms with Crippen LogP contribution in [0.5, 0.6) is 0 Å². The third-order valence-corrected chi connectivity index (χ3v) is 4.47. The third-order valence-electron chi connectivity index (χ3n) is 4.47. The predicted octanol–water partition coefficient (Wildman–Crippen LogP) is 2.00. The van der Waals surface area contributed by atoms with E-state index in [1.807, 2.05) is 6.07 Å². The Morgan fingerprint density at radius 2 is 1.69 bits per heavy atom. The van der Waals surface area contributed by atoms with Gasteiger partial charge in [-0.25, -0.2) is 9.59 Å². The molecule has 1 aliphatic carbocycles. The van der Waals surface area contributed by atoms with Crippen LogP contribution in [-0.4, -0.2) is 62.2 Å². The second kappa shape index (κ2) is 11.4. The summed E-state index contributed by atoms with van der Waals surface area (Å²) in [7, 11) is 0. The number of aliphatic carboxylic acids is 2. The number of carboxylic acid groups (broad SMARTS) is 2. The minimum Gasteiger partial charge on any atom is -0.473 e. The average molecular weight is 367 g/mol. The van der Waals surface area contributed by atoms with Crippen LogP contribution in [0.3, 0.4) is 0 Å². The fraction of sp³-hybridized carbons (Fsp3) is 0.667. The van der Waals surface area contributed by atoms with E-state index in [1.165, 1.54) is 32.1 Å². The molecule has 0 atom stereocenters. The van der Waals surface area contributed by atoms with Crippen molar-refractivity contribution in [2.45, 2.75) is 58.4 Å². The van der Waals surface area contributed by atoms with Crippen molar-refractivity contribution in [3.63, 3.8) is 0 Å². The molecule has 146 valence electrons. The largest absolute Gasteiger partial charge is 0.473 e. The van der Waals surface area contributed by atoms with E-state index >= 15 is 0 Å². The number of carboxylic acids is 2. The van der Waals surface area contributed by atoms with E-state index in [-0.39, 0.29) is 5.78 Å². The second-order valence-corrected chi connectivity index (χ2v) is 6.37. The van der Waals surface area contributed by atoms with Crippen LogP contribution in [0.25, 0.3) is 0 Å². The highest BCUT2D eigenvalue weighted by atomic mass is 16.4. The molecule has 0 aliphatic heterocycles. The number of likely N-dealkylation sites (N-methyl/N-ethyl adjacent to an activating group) is 1. The van der Waals surface area contributed by atoms with E-state index in [2.05, 4.69) is 34.7 Å². The average Bonchev–Trinajstić information content (AvgIpc) is 3.09. The first kappa shape index (κ1) is 21.8. The molecule has 0 spiro atoms. The monoisotopic (exact) mass is 367 g/mol. The van der Waals surface area contributed by atoms with Gasteiger partial charge in [0.2, 0.25) is 0 Å². The maximum atomic E-state index is 12.0. The van der Waals surface area contributed by atoms with Crippen molar-refractivity contribution in [3.05, 3.63) is 18.0 Å². The van der Waals surface area contributed by atoms with E-state index in [1.54, 1.807) is 0 Å². The Morgan fingerprint density at radius 1 is 1.12 bits per heavy atom. The molecule has 0 unspecified atom stereocenters. The lowest BCUT2D eigenvalue weighted by atomic mass is 9.96. The number of rotatable bonds is 7. The number of ketones is 1. The first-order valence-electron chi connectivity index (χ1n) is 9.11. The maximum Gasteiger partial charge on any atom is 0.414 e. The lowest BCUT2D eigenvalue weighted by molar-refractivity contribution is -0.159. The summed E-state index contributed by atoms with van der Waals surface area (Å²) < 4.78 is 2.08. The predicted molar refractivity (Wildman–Crippen MR) is 96.1 cm³/mol. The van der Waals surface area contributed by atoms with Gasteiger partial charge in [-0.15, -0.1) is 0 Å². The fourth-order valence-corrected chi connectivity index (χ4v) is 2.98. The van der Waals surface area contributed by atoms with Crippen molar-refractivity contribution in [1.29, 1.82) is 0 Å². The molecule has 1 aromatic rings. The van der Waals surface area contributed by atoms with Gasteiger partial charge in [0, 0.05) is 6.20 Å². The van der Waals surface area contributed by atoms with Gasteiger partial charge in [-0.2, -0.15) is 5.10 Å². The van der Waals surface area contributed by atoms with E-state index in [0.717, 1.165) is 18.8 Å². The number of hydrogen-bond donors (Lipinski definition) is 2. The molecule has 8 heteroatoms. The summed E-state index contributed by atoms with van der Waals surface area (Å²) in [5.74, 6) is -3.38. The normalized spacial score (nSPS) is 14.6. The van der Waals surface area contributed by atoms with Gasteiger partial charge in [-0.05, 0) is 32.0 Å². The Bertz CT molecular complexity index is 577. The number of carbonyl (C=O) groups is 3. The number of nitrogens with zero attached hydrogens (tertiary/aromatic N) is 3. The Hall–Kier alpha value is -2.22. The molecular formula is C18H29N3O5. The van der Waals surface area contributed by atoms with Crippen LogP contribution in [-0.2, 0) is 20.8 Å². The van der Waals surface area contributed by atoms with E-state index in [0.29, 0.717) is 19.0 Å². The molecular weight excluding hydrogens is 338 g/mol. The van der Waals surface area contributed by atoms with Gasteiger partial charge in [0.25, 0.3) is 0 Å². The van der Waals surface area contributed by atoms with E-state index < -0.39 is 11.9 Å². The highest BCUT2D eigenvalue weighted by Gasteiger charge is 2.17. The molecule has 2 N–H and O–H groups in total. The molecule has 8 nitrogen and oxygen atoms in total. The molecule has 0 amide bonds. The molecule has 1 fully saturated rings. The molecule has 0 aromatic carbocycles. The topological polar surface area (TPSA) is 113 Å². The zero-order chi connectivity index (χ0) is 19.5. The van der Waals surface area contributed by atoms with Gasteiger partial charge in [0.05, 0.1) is 24.7 Å². The second-order valence-electron chi connectivity index (χ2n) is 6.37. The summed E-state index contributed by atoms with van der Waals surface area (Å²) in [6, 6.07) is 2.56. The van der Waals surface area contributed by atoms with Crippen LogP contribution in [0, 0.1) is 0 Å². The molecule has 0 radical (unpaired) electrons. The zero-order valence-electron chi connectivity index (χ0n) is 15.6. The molecule has 1 aromatic heterocycles. The first-order chi connectivity index (χ1) is 12.4. The number of hydrogen-bond acceptors (Lipinski definition) is 5. The minimum absolute atomic E-state index is 0.266. The Kier molecular flexibility index (Phi) is 9.57. The highest BCUT2D eigenvalue weighted by Crippen LogP contribution is 2.27. The van der Waals surface area contributed by atoms with Gasteiger partial charge in [0.1, 0.15) is 0 Å². The lowest BCUT2D eigenvalue weighted by Gasteiger charge is -2.21. The Labute approximate surface area is 153 Å². The number of Topliss-reactive ketones (excluding diaryl/α,β-unsaturated/α-hetero) is 1. The molecule has 1 saturated carbocycles. The SMILES string of the molecule is CCN(CC)CC(=O)Cc1ccn(C2CCCCC2)n1.O=C(O)C(=O)O. The summed E-state index contributed by atoms with van der Waals surface area (Å²) >= 11 is 0. The van der Waals surface area contributed by atoms with Crippen LogP contribution in [0.4, 0.5) is 0 Å². The zero-order valence-corrected chi connectivity index (χ0v) is 15.6. The van der Waals surface area contributed by atoms with Gasteiger partial charge in [-0.1, -0.05) is 33.1 Å². The van der Waals surface area contributed by atoms with Crippen molar-refractivity contribution < 1.29 is 24.6 Å². The molecule has 0 bridgehead atoms. The van der Waals surface area contributed by atoms with Crippen LogP contribution in [0.15, 0.2) is 12.3 Å². The number of aromatic nitrogens is 2. The van der Waals surface area contributed by atoms with Crippen molar-refractivity contribution in [2.75, 3.05) is 19.6 Å². The van der Waals surface area contributed by atoms with Crippen LogP contribution >= 0.6 is 0 Å². The van der Waals surface area contributed by atoms with E-state index in [9.17, 15) is 4.79 Å². The highest BCUT2D eigenvalue weighted by molar-refractivity contribution is 6.27. The van der Waals surface area contributed by atoms with Crippen molar-refractivity contribution >= 4 is 17.7 Å². The van der Waals surface area contributed by atoms with Gasteiger partial charge >= 0.3 is 11.9 Å². The summed E-state index contributed by atoms with van der Waals surface area (Å²) in [6.45, 7) is 6.59. The van der Waals surface area contributed by atoms with Crippen LogP contribution < -0.4 is 0 Å². The number of carbonyl (C=O) groups excluding carboxylic acids is 1. The van der Waals surface area contributed by atoms with Crippen molar-refractivity contribution in [1.82, 2.24) is 14.7 Å². The maximum absolute atomic E-state index is 12.0. The van der Waals surface area contributed by atoms with Crippen LogP contribution in [0.2, 0.25) is 0 Å². The van der Waals surface area contributed by atoms with Gasteiger partial charge in [-0.3, -0.25) is 14.4 Å². The Balaban J connectivity index is 0.000000487. The molecule has 1 heterocycles. The Morgan fingerprint density at radius 3 is 2.19 bits per heavy atom. The smallest absolute Gasteiger partial charge is 0.414 e.